The Morgan fingerprint density at radius 1 is 1.17 bits per heavy atom. The van der Waals surface area contributed by atoms with Gasteiger partial charge in [0.1, 0.15) is 0 Å². The maximum absolute atomic E-state index is 5.58. The first kappa shape index (κ1) is 13.5. The van der Waals surface area contributed by atoms with Crippen LogP contribution in [0, 0.1) is 5.92 Å². The second-order valence-corrected chi connectivity index (χ2v) is 5.19. The summed E-state index contributed by atoms with van der Waals surface area (Å²) in [6.45, 7) is 6.42. The lowest BCUT2D eigenvalue weighted by Crippen LogP contribution is -2.39. The van der Waals surface area contributed by atoms with Gasteiger partial charge in [-0.25, -0.2) is 0 Å². The fraction of sp³-hybridized carbons (Fsp3) is 0.600. The van der Waals surface area contributed by atoms with Crippen LogP contribution in [-0.4, -0.2) is 37.6 Å². The Labute approximate surface area is 110 Å². The molecule has 1 fully saturated rings. The van der Waals surface area contributed by atoms with Crippen molar-refractivity contribution in [1.82, 2.24) is 10.2 Å². The van der Waals surface area contributed by atoms with Gasteiger partial charge < -0.3 is 16.0 Å². The zero-order valence-electron chi connectivity index (χ0n) is 11.1. The molecular formula is C15H25N3. The molecule has 1 saturated heterocycles. The van der Waals surface area contributed by atoms with E-state index < -0.39 is 0 Å². The minimum atomic E-state index is 0.789. The number of hydrogen-bond acceptors (Lipinski definition) is 3. The maximum atomic E-state index is 5.58. The summed E-state index contributed by atoms with van der Waals surface area (Å²) in [5, 5.41) is 3.58. The summed E-state index contributed by atoms with van der Waals surface area (Å²) in [6.07, 6.45) is 2.61. The fourth-order valence-corrected chi connectivity index (χ4v) is 2.61. The molecule has 0 aromatic heterocycles. The first-order chi connectivity index (χ1) is 8.88. The van der Waals surface area contributed by atoms with E-state index in [2.05, 4.69) is 40.5 Å². The normalized spacial score (nSPS) is 18.1. The van der Waals surface area contributed by atoms with Crippen molar-refractivity contribution in [2.24, 2.45) is 11.7 Å². The van der Waals surface area contributed by atoms with Crippen LogP contribution in [0.25, 0.3) is 0 Å². The standard InChI is InChI=1S/C15H25N3/c16-8-11-18-9-6-15(7-10-18)13-17-12-14-4-2-1-3-5-14/h1-5,15,17H,6-13,16H2. The van der Waals surface area contributed by atoms with E-state index in [1.807, 2.05) is 0 Å². The summed E-state index contributed by atoms with van der Waals surface area (Å²) in [7, 11) is 0. The Morgan fingerprint density at radius 2 is 1.89 bits per heavy atom. The fourth-order valence-electron chi connectivity index (χ4n) is 2.61. The van der Waals surface area contributed by atoms with Crippen LogP contribution >= 0.6 is 0 Å². The third-order valence-electron chi connectivity index (χ3n) is 3.76. The van der Waals surface area contributed by atoms with Gasteiger partial charge in [0.2, 0.25) is 0 Å². The smallest absolute Gasteiger partial charge is 0.0205 e. The van der Waals surface area contributed by atoms with Gasteiger partial charge in [-0.3, -0.25) is 0 Å². The van der Waals surface area contributed by atoms with Crippen LogP contribution in [0.5, 0.6) is 0 Å². The summed E-state index contributed by atoms with van der Waals surface area (Å²) >= 11 is 0. The molecule has 1 aliphatic rings. The lowest BCUT2D eigenvalue weighted by atomic mass is 9.97. The number of nitrogens with two attached hydrogens (primary N) is 1. The van der Waals surface area contributed by atoms with Crippen LogP contribution in [0.15, 0.2) is 30.3 Å². The van der Waals surface area contributed by atoms with Gasteiger partial charge in [0.25, 0.3) is 0 Å². The summed E-state index contributed by atoms with van der Waals surface area (Å²) in [5.74, 6) is 0.836. The predicted molar refractivity (Wildman–Crippen MR) is 76.4 cm³/mol. The van der Waals surface area contributed by atoms with Gasteiger partial charge in [-0.2, -0.15) is 0 Å². The molecule has 1 aromatic carbocycles. The molecule has 1 heterocycles. The second kappa shape index (κ2) is 7.52. The van der Waals surface area contributed by atoms with E-state index in [1.54, 1.807) is 0 Å². The zero-order chi connectivity index (χ0) is 12.6. The van der Waals surface area contributed by atoms with Crippen LogP contribution in [-0.2, 0) is 6.54 Å². The van der Waals surface area contributed by atoms with E-state index in [0.29, 0.717) is 0 Å². The Hall–Kier alpha value is -0.900. The van der Waals surface area contributed by atoms with Gasteiger partial charge in [-0.15, -0.1) is 0 Å². The van der Waals surface area contributed by atoms with E-state index in [9.17, 15) is 0 Å². The van der Waals surface area contributed by atoms with Crippen LogP contribution in [0.3, 0.4) is 0 Å². The van der Waals surface area contributed by atoms with E-state index in [1.165, 1.54) is 31.5 Å². The van der Waals surface area contributed by atoms with Crippen molar-refractivity contribution in [1.29, 1.82) is 0 Å². The molecule has 100 valence electrons. The van der Waals surface area contributed by atoms with Crippen molar-refractivity contribution in [2.75, 3.05) is 32.7 Å². The van der Waals surface area contributed by atoms with Gasteiger partial charge in [0.05, 0.1) is 0 Å². The number of likely N-dealkylation sites (tertiary alicyclic amines) is 1. The Bertz CT molecular complexity index is 318. The summed E-state index contributed by atoms with van der Waals surface area (Å²) in [5.41, 5.74) is 6.96. The van der Waals surface area contributed by atoms with E-state index >= 15 is 0 Å². The highest BCUT2D eigenvalue weighted by Crippen LogP contribution is 2.15. The van der Waals surface area contributed by atoms with E-state index in [0.717, 1.165) is 32.1 Å². The monoisotopic (exact) mass is 247 g/mol. The average Bonchev–Trinajstić information content (AvgIpc) is 2.42. The number of benzene rings is 1. The van der Waals surface area contributed by atoms with Crippen LogP contribution in [0.4, 0.5) is 0 Å². The number of piperidine rings is 1. The van der Waals surface area contributed by atoms with Gasteiger partial charge in [0, 0.05) is 19.6 Å². The van der Waals surface area contributed by atoms with Crippen molar-refractivity contribution in [3.63, 3.8) is 0 Å². The number of nitrogens with one attached hydrogen (secondary N) is 1. The lowest BCUT2D eigenvalue weighted by Gasteiger charge is -2.31. The number of hydrogen-bond donors (Lipinski definition) is 2. The highest BCUT2D eigenvalue weighted by Gasteiger charge is 2.17. The van der Waals surface area contributed by atoms with Crippen molar-refractivity contribution in [2.45, 2.75) is 19.4 Å². The van der Waals surface area contributed by atoms with Gasteiger partial charge in [0.15, 0.2) is 0 Å². The molecule has 0 saturated carbocycles. The Balaban J connectivity index is 1.61. The zero-order valence-corrected chi connectivity index (χ0v) is 11.1. The second-order valence-electron chi connectivity index (χ2n) is 5.19. The van der Waals surface area contributed by atoms with Crippen molar-refractivity contribution in [3.05, 3.63) is 35.9 Å². The van der Waals surface area contributed by atoms with Gasteiger partial charge in [-0.1, -0.05) is 30.3 Å². The third-order valence-corrected chi connectivity index (χ3v) is 3.76. The topological polar surface area (TPSA) is 41.3 Å². The largest absolute Gasteiger partial charge is 0.329 e. The van der Waals surface area contributed by atoms with Crippen molar-refractivity contribution < 1.29 is 0 Å². The molecule has 0 radical (unpaired) electrons. The quantitative estimate of drug-likeness (QED) is 0.799. The molecule has 0 unspecified atom stereocenters. The molecule has 3 N–H and O–H groups in total. The predicted octanol–water partition coefficient (Wildman–Crippen LogP) is 1.45. The lowest BCUT2D eigenvalue weighted by molar-refractivity contribution is 0.186. The van der Waals surface area contributed by atoms with Crippen LogP contribution in [0.1, 0.15) is 18.4 Å². The summed E-state index contributed by atoms with van der Waals surface area (Å²) in [6, 6.07) is 10.6. The molecule has 0 spiro atoms. The SMILES string of the molecule is NCCN1CCC(CNCc2ccccc2)CC1. The molecule has 3 heteroatoms. The molecule has 0 aliphatic carbocycles. The highest BCUT2D eigenvalue weighted by atomic mass is 15.1. The van der Waals surface area contributed by atoms with Gasteiger partial charge in [-0.05, 0) is 44.0 Å². The molecule has 1 aromatic rings. The van der Waals surface area contributed by atoms with E-state index in [4.69, 9.17) is 5.73 Å². The molecule has 2 rings (SSSR count). The van der Waals surface area contributed by atoms with Gasteiger partial charge >= 0.3 is 0 Å². The summed E-state index contributed by atoms with van der Waals surface area (Å²) in [4.78, 5) is 2.48. The summed E-state index contributed by atoms with van der Waals surface area (Å²) < 4.78 is 0. The maximum Gasteiger partial charge on any atom is 0.0205 e. The van der Waals surface area contributed by atoms with Crippen LogP contribution in [0.2, 0.25) is 0 Å². The average molecular weight is 247 g/mol. The first-order valence-corrected chi connectivity index (χ1v) is 7.05. The minimum absolute atomic E-state index is 0.789. The highest BCUT2D eigenvalue weighted by molar-refractivity contribution is 5.14. The number of rotatable bonds is 6. The molecule has 3 nitrogen and oxygen atoms in total. The molecular weight excluding hydrogens is 222 g/mol. The van der Waals surface area contributed by atoms with Crippen molar-refractivity contribution in [3.8, 4) is 0 Å². The minimum Gasteiger partial charge on any atom is -0.329 e. The Kier molecular flexibility index (Phi) is 5.65. The Morgan fingerprint density at radius 3 is 2.56 bits per heavy atom. The molecule has 1 aliphatic heterocycles. The number of nitrogens with zero attached hydrogens (tertiary/aromatic N) is 1. The molecule has 0 amide bonds. The van der Waals surface area contributed by atoms with Crippen LogP contribution < -0.4 is 11.1 Å². The van der Waals surface area contributed by atoms with Crippen molar-refractivity contribution >= 4 is 0 Å². The molecule has 18 heavy (non-hydrogen) atoms. The molecule has 0 atom stereocenters. The van der Waals surface area contributed by atoms with E-state index in [-0.39, 0.29) is 0 Å². The first-order valence-electron chi connectivity index (χ1n) is 7.05. The third kappa shape index (κ3) is 4.41. The molecule has 0 bridgehead atoms.